The van der Waals surface area contributed by atoms with Crippen molar-refractivity contribution < 1.29 is 9.59 Å². The van der Waals surface area contributed by atoms with E-state index in [9.17, 15) is 14.9 Å². The molecular formula is C21H21N5O2. The van der Waals surface area contributed by atoms with Gasteiger partial charge in [0, 0.05) is 32.9 Å². The molecule has 0 radical (unpaired) electrons. The number of carbonyl (C=O) groups is 2. The van der Waals surface area contributed by atoms with Crippen LogP contribution in [0.1, 0.15) is 24.0 Å². The minimum absolute atomic E-state index is 0.144. The number of aromatic nitrogens is 1. The zero-order valence-corrected chi connectivity index (χ0v) is 15.7. The summed E-state index contributed by atoms with van der Waals surface area (Å²) in [5.74, 6) is 0.495. The van der Waals surface area contributed by atoms with Crippen molar-refractivity contribution in [2.45, 2.75) is 24.9 Å². The number of pyridine rings is 1. The molecule has 3 heterocycles. The predicted octanol–water partition coefficient (Wildman–Crippen LogP) is 2.39. The van der Waals surface area contributed by atoms with Crippen molar-refractivity contribution in [1.29, 1.82) is 5.26 Å². The van der Waals surface area contributed by atoms with Gasteiger partial charge in [0.25, 0.3) is 5.91 Å². The molecule has 2 saturated heterocycles. The predicted molar refractivity (Wildman–Crippen MR) is 103 cm³/mol. The van der Waals surface area contributed by atoms with Crippen LogP contribution in [-0.2, 0) is 11.3 Å². The van der Waals surface area contributed by atoms with Crippen LogP contribution in [0.2, 0.25) is 0 Å². The van der Waals surface area contributed by atoms with E-state index in [1.807, 2.05) is 35.2 Å². The summed E-state index contributed by atoms with van der Waals surface area (Å²) >= 11 is 0. The van der Waals surface area contributed by atoms with E-state index in [0.717, 1.165) is 5.56 Å². The smallest absolute Gasteiger partial charge is 0.327 e. The normalized spacial score (nSPS) is 18.6. The number of hydrogen-bond acceptors (Lipinski definition) is 5. The molecule has 0 atom stereocenters. The first-order valence-electron chi connectivity index (χ1n) is 9.30. The van der Waals surface area contributed by atoms with Gasteiger partial charge in [-0.15, -0.1) is 0 Å². The van der Waals surface area contributed by atoms with E-state index >= 15 is 0 Å². The molecule has 1 spiro atoms. The molecule has 0 aliphatic carbocycles. The maximum absolute atomic E-state index is 13.0. The van der Waals surface area contributed by atoms with Crippen LogP contribution in [0, 0.1) is 11.3 Å². The van der Waals surface area contributed by atoms with E-state index in [0.29, 0.717) is 43.9 Å². The zero-order chi connectivity index (χ0) is 19.7. The maximum Gasteiger partial charge on any atom is 0.327 e. The lowest BCUT2D eigenvalue weighted by atomic mass is 9.85. The lowest BCUT2D eigenvalue weighted by Crippen LogP contribution is -2.56. The molecule has 7 nitrogen and oxygen atoms in total. The molecule has 0 bridgehead atoms. The third-order valence-corrected chi connectivity index (χ3v) is 5.72. The summed E-state index contributed by atoms with van der Waals surface area (Å²) in [5.41, 5.74) is 0.683. The minimum atomic E-state index is -0.834. The highest BCUT2D eigenvalue weighted by molar-refractivity contribution is 6.06. The summed E-state index contributed by atoms with van der Waals surface area (Å²) in [6.07, 6.45) is 2.69. The number of urea groups is 1. The molecular weight excluding hydrogens is 354 g/mol. The molecule has 3 amide bonds. The van der Waals surface area contributed by atoms with Crippen molar-refractivity contribution in [3.8, 4) is 6.07 Å². The van der Waals surface area contributed by atoms with Crippen LogP contribution < -0.4 is 4.90 Å². The molecule has 2 aromatic rings. The van der Waals surface area contributed by atoms with E-state index in [2.05, 4.69) is 11.1 Å². The quantitative estimate of drug-likeness (QED) is 0.770. The first-order chi connectivity index (χ1) is 13.6. The molecule has 142 valence electrons. The molecule has 0 N–H and O–H groups in total. The second-order valence-corrected chi connectivity index (χ2v) is 7.22. The highest BCUT2D eigenvalue weighted by Crippen LogP contribution is 2.38. The number of imide groups is 1. The molecule has 4 rings (SSSR count). The van der Waals surface area contributed by atoms with Crippen molar-refractivity contribution >= 4 is 17.8 Å². The largest absolute Gasteiger partial charge is 0.355 e. The van der Waals surface area contributed by atoms with E-state index in [1.54, 1.807) is 30.3 Å². The van der Waals surface area contributed by atoms with Gasteiger partial charge < -0.3 is 9.80 Å². The third-order valence-electron chi connectivity index (χ3n) is 5.72. The fraction of sp³-hybridized carbons (Fsp3) is 0.333. The molecule has 28 heavy (non-hydrogen) atoms. The zero-order valence-electron chi connectivity index (χ0n) is 15.7. The summed E-state index contributed by atoms with van der Waals surface area (Å²) < 4.78 is 0. The molecule has 2 aliphatic heterocycles. The van der Waals surface area contributed by atoms with Gasteiger partial charge in [0.15, 0.2) is 0 Å². The molecule has 2 fully saturated rings. The summed E-state index contributed by atoms with van der Waals surface area (Å²) in [6.45, 7) is 1.52. The Hall–Kier alpha value is -3.40. The van der Waals surface area contributed by atoms with E-state index < -0.39 is 5.54 Å². The monoisotopic (exact) mass is 375 g/mol. The van der Waals surface area contributed by atoms with Crippen molar-refractivity contribution in [2.24, 2.45) is 0 Å². The summed E-state index contributed by atoms with van der Waals surface area (Å²) in [7, 11) is 1.55. The Morgan fingerprint density at radius 2 is 1.82 bits per heavy atom. The number of anilines is 1. The van der Waals surface area contributed by atoms with Crippen molar-refractivity contribution in [1.82, 2.24) is 14.8 Å². The Labute approximate surface area is 163 Å². The summed E-state index contributed by atoms with van der Waals surface area (Å²) in [5, 5.41) is 9.34. The van der Waals surface area contributed by atoms with Crippen molar-refractivity contribution in [2.75, 3.05) is 25.0 Å². The number of amides is 3. The number of carbonyl (C=O) groups excluding carboxylic acids is 2. The number of piperidine rings is 1. The van der Waals surface area contributed by atoms with Gasteiger partial charge in [-0.05, 0) is 30.5 Å². The number of rotatable bonds is 3. The van der Waals surface area contributed by atoms with Crippen LogP contribution in [0.3, 0.4) is 0 Å². The number of hydrogen-bond donors (Lipinski definition) is 0. The van der Waals surface area contributed by atoms with Gasteiger partial charge >= 0.3 is 6.03 Å². The summed E-state index contributed by atoms with van der Waals surface area (Å²) in [6, 6.07) is 15.1. The van der Waals surface area contributed by atoms with Crippen LogP contribution in [0.25, 0.3) is 0 Å². The van der Waals surface area contributed by atoms with Crippen molar-refractivity contribution in [3.63, 3.8) is 0 Å². The van der Waals surface area contributed by atoms with Gasteiger partial charge in [-0.25, -0.2) is 9.78 Å². The topological polar surface area (TPSA) is 80.5 Å². The second kappa shape index (κ2) is 6.97. The molecule has 1 aromatic heterocycles. The molecule has 0 unspecified atom stereocenters. The first kappa shape index (κ1) is 18.0. The van der Waals surface area contributed by atoms with Gasteiger partial charge in [0.2, 0.25) is 0 Å². The molecule has 7 heteroatoms. The maximum atomic E-state index is 13.0. The third kappa shape index (κ3) is 2.78. The first-order valence-corrected chi connectivity index (χ1v) is 9.30. The standard InChI is InChI=1S/C21H21N5O2/c1-24-19(27)21(26(20(24)28)15-16-6-3-2-4-7-16)9-12-25(13-10-21)18-17(14-22)8-5-11-23-18/h2-8,11H,9-10,12-13,15H2,1H3. The van der Waals surface area contributed by atoms with Gasteiger partial charge in [-0.1, -0.05) is 30.3 Å². The second-order valence-electron chi connectivity index (χ2n) is 7.22. The fourth-order valence-electron chi connectivity index (χ4n) is 4.17. The van der Waals surface area contributed by atoms with Gasteiger partial charge in [-0.2, -0.15) is 5.26 Å². The highest BCUT2D eigenvalue weighted by Gasteiger charge is 2.56. The lowest BCUT2D eigenvalue weighted by molar-refractivity contribution is -0.133. The number of benzene rings is 1. The van der Waals surface area contributed by atoms with Crippen LogP contribution in [0.15, 0.2) is 48.7 Å². The Bertz CT molecular complexity index is 945. The SMILES string of the molecule is CN1C(=O)N(Cc2ccccc2)C2(CCN(c3ncccc3C#N)CC2)C1=O. The van der Waals surface area contributed by atoms with E-state index in [1.165, 1.54) is 4.90 Å². The number of likely N-dealkylation sites (N-methyl/N-ethyl adjacent to an activating group) is 1. The average Bonchev–Trinajstić information content (AvgIpc) is 2.91. The lowest BCUT2D eigenvalue weighted by Gasteiger charge is -2.42. The van der Waals surface area contributed by atoms with E-state index in [-0.39, 0.29) is 11.9 Å². The summed E-state index contributed by atoms with van der Waals surface area (Å²) in [4.78, 5) is 35.2. The number of nitrogens with zero attached hydrogens (tertiary/aromatic N) is 5. The van der Waals surface area contributed by atoms with Gasteiger partial charge in [0.1, 0.15) is 17.4 Å². The van der Waals surface area contributed by atoms with E-state index in [4.69, 9.17) is 0 Å². The van der Waals surface area contributed by atoms with Crippen LogP contribution in [0.4, 0.5) is 10.6 Å². The Morgan fingerprint density at radius 1 is 1.11 bits per heavy atom. The van der Waals surface area contributed by atoms with Gasteiger partial charge in [-0.3, -0.25) is 9.69 Å². The molecule has 0 saturated carbocycles. The van der Waals surface area contributed by atoms with Crippen LogP contribution in [0.5, 0.6) is 0 Å². The van der Waals surface area contributed by atoms with Gasteiger partial charge in [0.05, 0.1) is 5.56 Å². The van der Waals surface area contributed by atoms with Crippen LogP contribution >= 0.6 is 0 Å². The van der Waals surface area contributed by atoms with Crippen molar-refractivity contribution in [3.05, 3.63) is 59.8 Å². The highest BCUT2D eigenvalue weighted by atomic mass is 16.2. The Balaban J connectivity index is 1.60. The Morgan fingerprint density at radius 3 is 2.50 bits per heavy atom. The van der Waals surface area contributed by atoms with Crippen LogP contribution in [-0.4, -0.2) is 52.4 Å². The fourth-order valence-corrected chi connectivity index (χ4v) is 4.17. The number of nitriles is 1. The molecule has 1 aromatic carbocycles. The Kier molecular flexibility index (Phi) is 4.47. The molecule has 2 aliphatic rings. The minimum Gasteiger partial charge on any atom is -0.355 e. The average molecular weight is 375 g/mol.